The largest absolute Gasteiger partial charge is 0.480 e. The molecule has 20 heavy (non-hydrogen) atoms. The zero-order valence-electron chi connectivity index (χ0n) is 10.5. The fourth-order valence-electron chi connectivity index (χ4n) is 1.86. The summed E-state index contributed by atoms with van der Waals surface area (Å²) >= 11 is 11.8. The quantitative estimate of drug-likeness (QED) is 0.880. The molecule has 1 atom stereocenters. The third-order valence-electron chi connectivity index (χ3n) is 2.88. The Morgan fingerprint density at radius 3 is 2.40 bits per heavy atom. The predicted molar refractivity (Wildman–Crippen MR) is 80.1 cm³/mol. The molecule has 2 aromatic rings. The van der Waals surface area contributed by atoms with E-state index in [2.05, 4.69) is 5.32 Å². The van der Waals surface area contributed by atoms with Crippen molar-refractivity contribution in [2.75, 3.05) is 0 Å². The number of hydrogen-bond acceptors (Lipinski definition) is 2. The number of halogens is 2. The van der Waals surface area contributed by atoms with Crippen LogP contribution in [0.1, 0.15) is 17.2 Å². The van der Waals surface area contributed by atoms with Gasteiger partial charge in [0.15, 0.2) is 0 Å². The Labute approximate surface area is 127 Å². The normalized spacial score (nSPS) is 12.1. The van der Waals surface area contributed by atoms with Gasteiger partial charge in [-0.15, -0.1) is 0 Å². The van der Waals surface area contributed by atoms with E-state index in [0.717, 1.165) is 5.56 Å². The second-order valence-electron chi connectivity index (χ2n) is 4.31. The highest BCUT2D eigenvalue weighted by molar-refractivity contribution is 6.42. The number of hydrogen-bond donors (Lipinski definition) is 2. The van der Waals surface area contributed by atoms with Gasteiger partial charge >= 0.3 is 5.97 Å². The Bertz CT molecular complexity index is 602. The molecule has 2 aromatic carbocycles. The maximum absolute atomic E-state index is 11.4. The number of benzene rings is 2. The molecule has 0 aliphatic carbocycles. The third kappa shape index (κ3) is 3.73. The molecule has 0 amide bonds. The van der Waals surface area contributed by atoms with Crippen LogP contribution in [0.4, 0.5) is 0 Å². The van der Waals surface area contributed by atoms with Gasteiger partial charge in [-0.2, -0.15) is 0 Å². The van der Waals surface area contributed by atoms with E-state index in [1.807, 2.05) is 30.3 Å². The minimum atomic E-state index is -0.959. The van der Waals surface area contributed by atoms with Crippen LogP contribution < -0.4 is 5.32 Å². The van der Waals surface area contributed by atoms with Crippen LogP contribution in [0.2, 0.25) is 10.0 Å². The summed E-state index contributed by atoms with van der Waals surface area (Å²) in [5.74, 6) is -0.959. The molecule has 5 heteroatoms. The Morgan fingerprint density at radius 2 is 1.80 bits per heavy atom. The van der Waals surface area contributed by atoms with Crippen LogP contribution >= 0.6 is 23.2 Å². The van der Waals surface area contributed by atoms with Crippen molar-refractivity contribution in [1.29, 1.82) is 0 Å². The lowest BCUT2D eigenvalue weighted by Crippen LogP contribution is -2.28. The first-order valence-electron chi connectivity index (χ1n) is 6.03. The van der Waals surface area contributed by atoms with Crippen molar-refractivity contribution in [3.8, 4) is 0 Å². The summed E-state index contributed by atoms with van der Waals surface area (Å²) in [6.07, 6.45) is 0. The summed E-state index contributed by atoms with van der Waals surface area (Å²) in [4.78, 5) is 11.4. The number of carboxylic acids is 1. The lowest BCUT2D eigenvalue weighted by Gasteiger charge is -2.15. The first-order valence-corrected chi connectivity index (χ1v) is 6.78. The summed E-state index contributed by atoms with van der Waals surface area (Å²) in [5.41, 5.74) is 1.58. The Morgan fingerprint density at radius 1 is 1.10 bits per heavy atom. The predicted octanol–water partition coefficient (Wildman–Crippen LogP) is 3.91. The SMILES string of the molecule is O=C(O)C(NCc1ccccc1)c1ccc(Cl)c(Cl)c1. The number of nitrogens with one attached hydrogen (secondary N) is 1. The van der Waals surface area contributed by atoms with Gasteiger partial charge in [0, 0.05) is 6.54 Å². The molecule has 0 aliphatic heterocycles. The number of aliphatic carboxylic acids is 1. The first kappa shape index (κ1) is 14.9. The Balaban J connectivity index is 2.15. The molecule has 0 aromatic heterocycles. The fraction of sp³-hybridized carbons (Fsp3) is 0.133. The Kier molecular flexibility index (Phi) is 5.01. The molecular formula is C15H13Cl2NO2. The van der Waals surface area contributed by atoms with Crippen molar-refractivity contribution < 1.29 is 9.90 Å². The third-order valence-corrected chi connectivity index (χ3v) is 3.62. The van der Waals surface area contributed by atoms with E-state index >= 15 is 0 Å². The number of carboxylic acid groups (broad SMARTS) is 1. The molecule has 2 N–H and O–H groups in total. The summed E-state index contributed by atoms with van der Waals surface area (Å²) in [7, 11) is 0. The molecular weight excluding hydrogens is 297 g/mol. The summed E-state index contributed by atoms with van der Waals surface area (Å²) in [6, 6.07) is 13.6. The second-order valence-corrected chi connectivity index (χ2v) is 5.13. The van der Waals surface area contributed by atoms with Crippen molar-refractivity contribution in [3.05, 3.63) is 69.7 Å². The molecule has 0 fully saturated rings. The van der Waals surface area contributed by atoms with Crippen molar-refractivity contribution in [1.82, 2.24) is 5.32 Å². The zero-order valence-corrected chi connectivity index (χ0v) is 12.0. The van der Waals surface area contributed by atoms with Gasteiger partial charge in [-0.05, 0) is 23.3 Å². The molecule has 0 aliphatic rings. The van der Waals surface area contributed by atoms with Crippen LogP contribution in [-0.2, 0) is 11.3 Å². The Hall–Kier alpha value is -1.55. The molecule has 0 saturated heterocycles. The summed E-state index contributed by atoms with van der Waals surface area (Å²) in [6.45, 7) is 0.456. The maximum atomic E-state index is 11.4. The van der Waals surface area contributed by atoms with Crippen molar-refractivity contribution in [2.45, 2.75) is 12.6 Å². The van der Waals surface area contributed by atoms with E-state index in [9.17, 15) is 9.90 Å². The minimum Gasteiger partial charge on any atom is -0.480 e. The molecule has 0 saturated carbocycles. The van der Waals surface area contributed by atoms with Gasteiger partial charge < -0.3 is 5.11 Å². The molecule has 1 unspecified atom stereocenters. The minimum absolute atomic E-state index is 0.344. The van der Waals surface area contributed by atoms with Crippen LogP contribution in [0.3, 0.4) is 0 Å². The van der Waals surface area contributed by atoms with Gasteiger partial charge in [0.1, 0.15) is 6.04 Å². The van der Waals surface area contributed by atoms with Gasteiger partial charge in [0.05, 0.1) is 10.0 Å². The second kappa shape index (κ2) is 6.75. The van der Waals surface area contributed by atoms with Crippen LogP contribution in [0, 0.1) is 0 Å². The van der Waals surface area contributed by atoms with Gasteiger partial charge in [-0.3, -0.25) is 10.1 Å². The van der Waals surface area contributed by atoms with Gasteiger partial charge in [0.25, 0.3) is 0 Å². The molecule has 3 nitrogen and oxygen atoms in total. The molecule has 0 bridgehead atoms. The van der Waals surface area contributed by atoms with Crippen LogP contribution in [-0.4, -0.2) is 11.1 Å². The maximum Gasteiger partial charge on any atom is 0.325 e. The lowest BCUT2D eigenvalue weighted by molar-refractivity contribution is -0.139. The van der Waals surface area contributed by atoms with E-state index in [-0.39, 0.29) is 0 Å². The molecule has 2 rings (SSSR count). The van der Waals surface area contributed by atoms with E-state index in [0.29, 0.717) is 22.2 Å². The average molecular weight is 310 g/mol. The molecule has 0 radical (unpaired) electrons. The first-order chi connectivity index (χ1) is 9.58. The van der Waals surface area contributed by atoms with Gasteiger partial charge in [-0.1, -0.05) is 59.6 Å². The standard InChI is InChI=1S/C15H13Cl2NO2/c16-12-7-6-11(8-13(12)17)14(15(19)20)18-9-10-4-2-1-3-5-10/h1-8,14,18H,9H2,(H,19,20). The van der Waals surface area contributed by atoms with Crippen LogP contribution in [0.25, 0.3) is 0 Å². The smallest absolute Gasteiger partial charge is 0.325 e. The number of carbonyl (C=O) groups is 1. The fourth-order valence-corrected chi connectivity index (χ4v) is 2.16. The van der Waals surface area contributed by atoms with E-state index < -0.39 is 12.0 Å². The van der Waals surface area contributed by atoms with Crippen LogP contribution in [0.5, 0.6) is 0 Å². The highest BCUT2D eigenvalue weighted by Crippen LogP contribution is 2.26. The van der Waals surface area contributed by atoms with E-state index in [1.54, 1.807) is 18.2 Å². The summed E-state index contributed by atoms with van der Waals surface area (Å²) in [5, 5.41) is 13.1. The van der Waals surface area contributed by atoms with Crippen LogP contribution in [0.15, 0.2) is 48.5 Å². The zero-order chi connectivity index (χ0) is 14.5. The molecule has 0 spiro atoms. The summed E-state index contributed by atoms with van der Waals surface area (Å²) < 4.78 is 0. The van der Waals surface area contributed by atoms with Gasteiger partial charge in [-0.25, -0.2) is 0 Å². The van der Waals surface area contributed by atoms with Gasteiger partial charge in [0.2, 0.25) is 0 Å². The molecule has 104 valence electrons. The van der Waals surface area contributed by atoms with Crippen molar-refractivity contribution in [3.63, 3.8) is 0 Å². The number of rotatable bonds is 5. The van der Waals surface area contributed by atoms with Crippen molar-refractivity contribution >= 4 is 29.2 Å². The topological polar surface area (TPSA) is 49.3 Å². The highest BCUT2D eigenvalue weighted by Gasteiger charge is 2.19. The van der Waals surface area contributed by atoms with E-state index in [4.69, 9.17) is 23.2 Å². The molecule has 0 heterocycles. The van der Waals surface area contributed by atoms with Crippen molar-refractivity contribution in [2.24, 2.45) is 0 Å². The average Bonchev–Trinajstić information content (AvgIpc) is 2.43. The monoisotopic (exact) mass is 309 g/mol. The highest BCUT2D eigenvalue weighted by atomic mass is 35.5. The van der Waals surface area contributed by atoms with E-state index in [1.165, 1.54) is 0 Å². The lowest BCUT2D eigenvalue weighted by atomic mass is 10.1.